The number of rotatable bonds is 4. The second kappa shape index (κ2) is 4.99. The highest BCUT2D eigenvalue weighted by atomic mass is 79.9. The lowest BCUT2D eigenvalue weighted by Gasteiger charge is -2.19. The van der Waals surface area contributed by atoms with Crippen molar-refractivity contribution in [1.82, 2.24) is 9.97 Å². The minimum Gasteiger partial charge on any atom is -0.481 e. The Balaban J connectivity index is 2.16. The summed E-state index contributed by atoms with van der Waals surface area (Å²) in [6.07, 6.45) is 6.53. The normalized spacial score (nSPS) is 18.8. The number of aromatic amines is 1. The van der Waals surface area contributed by atoms with Gasteiger partial charge in [0, 0.05) is 5.92 Å². The third-order valence-electron chi connectivity index (χ3n) is 3.28. The van der Waals surface area contributed by atoms with Crippen molar-refractivity contribution in [2.75, 3.05) is 0 Å². The Morgan fingerprint density at radius 2 is 2.31 bits per heavy atom. The Morgan fingerprint density at radius 3 is 2.81 bits per heavy atom. The first-order valence-corrected chi connectivity index (χ1v) is 6.38. The SMILES string of the molecule is O=C(O)CC(c1ncc(Br)[nH]1)C1CCCC1. The molecule has 1 atom stereocenters. The van der Waals surface area contributed by atoms with Crippen molar-refractivity contribution < 1.29 is 9.90 Å². The first kappa shape index (κ1) is 11.6. The summed E-state index contributed by atoms with van der Waals surface area (Å²) in [6, 6.07) is 0. The molecule has 5 heteroatoms. The molecule has 4 nitrogen and oxygen atoms in total. The van der Waals surface area contributed by atoms with Gasteiger partial charge in [-0.25, -0.2) is 4.98 Å². The fraction of sp³-hybridized carbons (Fsp3) is 0.636. The zero-order valence-corrected chi connectivity index (χ0v) is 10.5. The van der Waals surface area contributed by atoms with Gasteiger partial charge in [-0.3, -0.25) is 4.79 Å². The highest BCUT2D eigenvalue weighted by Gasteiger charge is 2.30. The van der Waals surface area contributed by atoms with Gasteiger partial charge in [0.05, 0.1) is 12.6 Å². The molecule has 0 amide bonds. The van der Waals surface area contributed by atoms with Crippen LogP contribution in [-0.4, -0.2) is 21.0 Å². The summed E-state index contributed by atoms with van der Waals surface area (Å²) in [5.41, 5.74) is 0. The van der Waals surface area contributed by atoms with Gasteiger partial charge in [0.15, 0.2) is 0 Å². The van der Waals surface area contributed by atoms with E-state index in [9.17, 15) is 4.79 Å². The summed E-state index contributed by atoms with van der Waals surface area (Å²) in [5, 5.41) is 8.96. The molecule has 16 heavy (non-hydrogen) atoms. The molecule has 1 aromatic heterocycles. The third kappa shape index (κ3) is 2.64. The maximum atomic E-state index is 10.9. The fourth-order valence-corrected chi connectivity index (χ4v) is 2.84. The number of carbonyl (C=O) groups is 1. The maximum Gasteiger partial charge on any atom is 0.304 e. The number of imidazole rings is 1. The maximum absolute atomic E-state index is 10.9. The summed E-state index contributed by atoms with van der Waals surface area (Å²) >= 11 is 3.31. The molecule has 0 bridgehead atoms. The third-order valence-corrected chi connectivity index (χ3v) is 3.68. The molecule has 0 aliphatic heterocycles. The van der Waals surface area contributed by atoms with E-state index in [0.717, 1.165) is 23.3 Å². The van der Waals surface area contributed by atoms with E-state index in [2.05, 4.69) is 25.9 Å². The van der Waals surface area contributed by atoms with Crippen LogP contribution in [0.5, 0.6) is 0 Å². The Kier molecular flexibility index (Phi) is 3.63. The molecular weight excluding hydrogens is 272 g/mol. The van der Waals surface area contributed by atoms with E-state index in [1.54, 1.807) is 6.20 Å². The van der Waals surface area contributed by atoms with Crippen LogP contribution in [0.4, 0.5) is 0 Å². The lowest BCUT2D eigenvalue weighted by molar-refractivity contribution is -0.137. The van der Waals surface area contributed by atoms with Crippen molar-refractivity contribution in [1.29, 1.82) is 0 Å². The minimum atomic E-state index is -0.746. The molecule has 0 spiro atoms. The number of hydrogen-bond acceptors (Lipinski definition) is 2. The van der Waals surface area contributed by atoms with Crippen LogP contribution in [0.2, 0.25) is 0 Å². The topological polar surface area (TPSA) is 66.0 Å². The Morgan fingerprint density at radius 1 is 1.62 bits per heavy atom. The van der Waals surface area contributed by atoms with Gasteiger partial charge in [0.2, 0.25) is 0 Å². The minimum absolute atomic E-state index is 0.0336. The largest absolute Gasteiger partial charge is 0.481 e. The lowest BCUT2D eigenvalue weighted by Crippen LogP contribution is -2.15. The van der Waals surface area contributed by atoms with Crippen LogP contribution in [-0.2, 0) is 4.79 Å². The Bertz CT molecular complexity index is 372. The number of nitrogens with one attached hydrogen (secondary N) is 1. The lowest BCUT2D eigenvalue weighted by atomic mass is 9.87. The van der Waals surface area contributed by atoms with Gasteiger partial charge in [-0.15, -0.1) is 0 Å². The number of carboxylic acid groups (broad SMARTS) is 1. The van der Waals surface area contributed by atoms with Crippen molar-refractivity contribution in [2.45, 2.75) is 38.0 Å². The van der Waals surface area contributed by atoms with Crippen molar-refractivity contribution in [3.8, 4) is 0 Å². The van der Waals surface area contributed by atoms with Gasteiger partial charge < -0.3 is 10.1 Å². The van der Waals surface area contributed by atoms with Crippen molar-refractivity contribution in [2.24, 2.45) is 5.92 Å². The van der Waals surface area contributed by atoms with Crippen LogP contribution in [0.3, 0.4) is 0 Å². The monoisotopic (exact) mass is 286 g/mol. The fourth-order valence-electron chi connectivity index (χ4n) is 2.54. The van der Waals surface area contributed by atoms with Gasteiger partial charge in [-0.1, -0.05) is 12.8 Å². The Labute approximate surface area is 103 Å². The summed E-state index contributed by atoms with van der Waals surface area (Å²) < 4.78 is 0.816. The molecule has 88 valence electrons. The number of halogens is 1. The molecule has 1 unspecified atom stereocenters. The van der Waals surface area contributed by atoms with Gasteiger partial charge in [-0.05, 0) is 34.7 Å². The molecule has 1 fully saturated rings. The van der Waals surface area contributed by atoms with Crippen molar-refractivity contribution >= 4 is 21.9 Å². The van der Waals surface area contributed by atoms with E-state index in [1.165, 1.54) is 12.8 Å². The standard InChI is InChI=1S/C11H15BrN2O2/c12-9-6-13-11(14-9)8(5-10(15)16)7-3-1-2-4-7/h6-8H,1-5H2,(H,13,14)(H,15,16). The molecule has 0 aromatic carbocycles. The van der Waals surface area contributed by atoms with Crippen LogP contribution in [0.15, 0.2) is 10.8 Å². The van der Waals surface area contributed by atoms with E-state index in [1.807, 2.05) is 0 Å². The molecule has 1 aromatic rings. The second-order valence-electron chi connectivity index (χ2n) is 4.37. The van der Waals surface area contributed by atoms with E-state index < -0.39 is 5.97 Å². The zero-order valence-electron chi connectivity index (χ0n) is 8.95. The smallest absolute Gasteiger partial charge is 0.304 e. The van der Waals surface area contributed by atoms with Crippen LogP contribution in [0.25, 0.3) is 0 Å². The first-order chi connectivity index (χ1) is 7.66. The molecular formula is C11H15BrN2O2. The predicted octanol–water partition coefficient (Wildman–Crippen LogP) is 2.92. The highest BCUT2D eigenvalue weighted by Crippen LogP contribution is 2.38. The molecule has 1 heterocycles. The molecule has 1 saturated carbocycles. The number of nitrogens with zero attached hydrogens (tertiary/aromatic N) is 1. The van der Waals surface area contributed by atoms with Gasteiger partial charge >= 0.3 is 5.97 Å². The summed E-state index contributed by atoms with van der Waals surface area (Å²) in [7, 11) is 0. The van der Waals surface area contributed by atoms with Crippen LogP contribution in [0.1, 0.15) is 43.8 Å². The van der Waals surface area contributed by atoms with E-state index >= 15 is 0 Å². The number of aliphatic carboxylic acids is 1. The van der Waals surface area contributed by atoms with Crippen molar-refractivity contribution in [3.05, 3.63) is 16.6 Å². The number of H-pyrrole nitrogens is 1. The highest BCUT2D eigenvalue weighted by molar-refractivity contribution is 9.10. The molecule has 0 radical (unpaired) electrons. The quantitative estimate of drug-likeness (QED) is 0.894. The zero-order chi connectivity index (χ0) is 11.5. The average Bonchev–Trinajstić information content (AvgIpc) is 2.84. The van der Waals surface area contributed by atoms with E-state index in [0.29, 0.717) is 5.92 Å². The molecule has 2 rings (SSSR count). The van der Waals surface area contributed by atoms with Crippen LogP contribution in [0, 0.1) is 5.92 Å². The van der Waals surface area contributed by atoms with Crippen LogP contribution < -0.4 is 0 Å². The van der Waals surface area contributed by atoms with Gasteiger partial charge in [0.25, 0.3) is 0 Å². The molecule has 1 aliphatic carbocycles. The van der Waals surface area contributed by atoms with E-state index in [4.69, 9.17) is 5.11 Å². The summed E-state index contributed by atoms with van der Waals surface area (Å²) in [6.45, 7) is 0. The van der Waals surface area contributed by atoms with Crippen molar-refractivity contribution in [3.63, 3.8) is 0 Å². The molecule has 0 saturated heterocycles. The number of hydrogen-bond donors (Lipinski definition) is 2. The predicted molar refractivity (Wildman–Crippen MR) is 63.2 cm³/mol. The summed E-state index contributed by atoms with van der Waals surface area (Å²) in [4.78, 5) is 18.2. The number of aromatic nitrogens is 2. The number of carboxylic acids is 1. The first-order valence-electron chi connectivity index (χ1n) is 5.59. The van der Waals surface area contributed by atoms with E-state index in [-0.39, 0.29) is 12.3 Å². The molecule has 2 N–H and O–H groups in total. The van der Waals surface area contributed by atoms with Gasteiger partial charge in [-0.2, -0.15) is 0 Å². The summed E-state index contributed by atoms with van der Waals surface area (Å²) in [5.74, 6) is 0.561. The average molecular weight is 287 g/mol. The van der Waals surface area contributed by atoms with Crippen LogP contribution >= 0.6 is 15.9 Å². The Hall–Kier alpha value is -0.840. The second-order valence-corrected chi connectivity index (χ2v) is 5.22. The molecule has 1 aliphatic rings. The van der Waals surface area contributed by atoms with Gasteiger partial charge in [0.1, 0.15) is 10.4 Å².